The Morgan fingerprint density at radius 2 is 1.92 bits per heavy atom. The number of amides is 1. The van der Waals surface area contributed by atoms with Crippen LogP contribution < -0.4 is 10.1 Å². The van der Waals surface area contributed by atoms with Crippen LogP contribution >= 0.6 is 0 Å². The zero-order chi connectivity index (χ0) is 24.7. The van der Waals surface area contributed by atoms with Crippen molar-refractivity contribution in [3.8, 4) is 5.75 Å². The summed E-state index contributed by atoms with van der Waals surface area (Å²) in [6, 6.07) is 17.8. The number of piperidine rings is 1. The minimum Gasteiger partial charge on any atom is -0.493 e. The van der Waals surface area contributed by atoms with Gasteiger partial charge in [0.05, 0.1) is 12.5 Å². The molecule has 0 bridgehead atoms. The number of aryl methyl sites for hydroxylation is 2. The lowest BCUT2D eigenvalue weighted by atomic mass is 9.88. The first-order valence-electron chi connectivity index (χ1n) is 14.2. The lowest BCUT2D eigenvalue weighted by Gasteiger charge is -2.37. The van der Waals surface area contributed by atoms with Gasteiger partial charge in [-0.05, 0) is 86.9 Å². The van der Waals surface area contributed by atoms with Gasteiger partial charge in [0, 0.05) is 38.1 Å². The summed E-state index contributed by atoms with van der Waals surface area (Å²) in [4.78, 5) is 18.3. The van der Waals surface area contributed by atoms with E-state index in [0.717, 1.165) is 57.9 Å². The molecule has 2 fully saturated rings. The quantitative estimate of drug-likeness (QED) is 0.539. The molecular formula is C31H43N3O2. The molecule has 2 saturated heterocycles. The van der Waals surface area contributed by atoms with Crippen molar-refractivity contribution in [1.29, 1.82) is 0 Å². The van der Waals surface area contributed by atoms with Crippen molar-refractivity contribution in [3.63, 3.8) is 0 Å². The topological polar surface area (TPSA) is 44.8 Å². The molecule has 3 aliphatic rings. The van der Waals surface area contributed by atoms with Crippen LogP contribution in [-0.2, 0) is 24.1 Å². The first kappa shape index (κ1) is 25.3. The minimum atomic E-state index is 0.0274. The van der Waals surface area contributed by atoms with Crippen LogP contribution in [0.1, 0.15) is 49.3 Å². The first-order chi connectivity index (χ1) is 17.7. The van der Waals surface area contributed by atoms with E-state index in [-0.39, 0.29) is 11.8 Å². The molecule has 3 atom stereocenters. The monoisotopic (exact) mass is 489 g/mol. The zero-order valence-corrected chi connectivity index (χ0v) is 22.0. The summed E-state index contributed by atoms with van der Waals surface area (Å²) in [7, 11) is 0. The van der Waals surface area contributed by atoms with Crippen LogP contribution in [0.4, 0.5) is 0 Å². The van der Waals surface area contributed by atoms with Crippen molar-refractivity contribution in [2.75, 3.05) is 45.9 Å². The summed E-state index contributed by atoms with van der Waals surface area (Å²) >= 11 is 0. The van der Waals surface area contributed by atoms with E-state index in [1.807, 2.05) is 0 Å². The van der Waals surface area contributed by atoms with Crippen molar-refractivity contribution in [2.45, 2.75) is 57.9 Å². The van der Waals surface area contributed by atoms with Crippen molar-refractivity contribution < 1.29 is 9.53 Å². The Labute approximate surface area is 217 Å². The average molecular weight is 490 g/mol. The highest BCUT2D eigenvalue weighted by Crippen LogP contribution is 2.28. The standard InChI is InChI=1S/C31H43N3O2/c1-2-34-16-7-12-29(34)20-32-31(35)28-18-25(21-33(22-28)17-15-24-8-4-3-5-9-24)23-36-30-14-13-26-10-6-11-27(26)19-30/h3-5,8-9,13-14,19,25,28-29H,2,6-7,10-12,15-18,20-23H2,1H3,(H,32,35)/t25-,28+,29?/m0/s1. The van der Waals surface area contributed by atoms with Crippen LogP contribution in [0, 0.1) is 11.8 Å². The van der Waals surface area contributed by atoms with E-state index < -0.39 is 0 Å². The number of rotatable bonds is 10. The molecule has 1 N–H and O–H groups in total. The van der Waals surface area contributed by atoms with Gasteiger partial charge in [-0.1, -0.05) is 43.3 Å². The third-order valence-corrected chi connectivity index (χ3v) is 8.52. The number of carbonyl (C=O) groups excluding carboxylic acids is 1. The van der Waals surface area contributed by atoms with E-state index in [0.29, 0.717) is 18.6 Å². The second-order valence-corrected chi connectivity index (χ2v) is 11.1. The Kier molecular flexibility index (Phi) is 8.60. The average Bonchev–Trinajstić information content (AvgIpc) is 3.58. The molecule has 1 unspecified atom stereocenters. The maximum atomic E-state index is 13.3. The van der Waals surface area contributed by atoms with Gasteiger partial charge in [-0.25, -0.2) is 0 Å². The van der Waals surface area contributed by atoms with E-state index in [2.05, 4.69) is 70.6 Å². The van der Waals surface area contributed by atoms with Crippen LogP contribution in [0.5, 0.6) is 5.75 Å². The Morgan fingerprint density at radius 3 is 2.78 bits per heavy atom. The zero-order valence-electron chi connectivity index (χ0n) is 22.0. The fraction of sp³-hybridized carbons (Fsp3) is 0.581. The molecular weight excluding hydrogens is 446 g/mol. The second-order valence-electron chi connectivity index (χ2n) is 11.1. The van der Waals surface area contributed by atoms with Gasteiger partial charge in [0.2, 0.25) is 5.91 Å². The minimum absolute atomic E-state index is 0.0274. The normalized spacial score (nSPS) is 24.5. The Hall–Kier alpha value is -2.37. The molecule has 0 saturated carbocycles. The molecule has 5 rings (SSSR count). The number of hydrogen-bond donors (Lipinski definition) is 1. The Bertz CT molecular complexity index is 995. The molecule has 0 aromatic heterocycles. The van der Waals surface area contributed by atoms with E-state index >= 15 is 0 Å². The maximum absolute atomic E-state index is 13.3. The van der Waals surface area contributed by atoms with Gasteiger partial charge >= 0.3 is 0 Å². The van der Waals surface area contributed by atoms with Gasteiger partial charge in [-0.3, -0.25) is 9.69 Å². The summed E-state index contributed by atoms with van der Waals surface area (Å²) in [6.07, 6.45) is 7.98. The fourth-order valence-corrected chi connectivity index (χ4v) is 6.49. The number of benzene rings is 2. The number of carbonyl (C=O) groups is 1. The van der Waals surface area contributed by atoms with E-state index in [4.69, 9.17) is 4.74 Å². The third-order valence-electron chi connectivity index (χ3n) is 8.52. The van der Waals surface area contributed by atoms with Crippen molar-refractivity contribution >= 4 is 5.91 Å². The lowest BCUT2D eigenvalue weighted by molar-refractivity contribution is -0.127. The molecule has 194 valence electrons. The van der Waals surface area contributed by atoms with Gasteiger partial charge < -0.3 is 15.0 Å². The summed E-state index contributed by atoms with van der Waals surface area (Å²) in [5.41, 5.74) is 4.29. The highest BCUT2D eigenvalue weighted by atomic mass is 16.5. The predicted molar refractivity (Wildman–Crippen MR) is 145 cm³/mol. The van der Waals surface area contributed by atoms with Crippen LogP contribution in [0.25, 0.3) is 0 Å². The molecule has 2 aromatic rings. The number of likely N-dealkylation sites (N-methyl/N-ethyl adjacent to an activating group) is 1. The molecule has 2 aromatic carbocycles. The highest BCUT2D eigenvalue weighted by molar-refractivity contribution is 5.79. The van der Waals surface area contributed by atoms with Crippen LogP contribution in [0.15, 0.2) is 48.5 Å². The SMILES string of the molecule is CCN1CCCC1CNC(=O)[C@@H]1C[C@H](COc2ccc3c(c2)CCC3)CN(CCc2ccccc2)C1. The summed E-state index contributed by atoms with van der Waals surface area (Å²) < 4.78 is 6.31. The fourth-order valence-electron chi connectivity index (χ4n) is 6.49. The van der Waals surface area contributed by atoms with Gasteiger partial charge in [0.1, 0.15) is 5.75 Å². The maximum Gasteiger partial charge on any atom is 0.224 e. The molecule has 0 spiro atoms. The molecule has 2 heterocycles. The van der Waals surface area contributed by atoms with Crippen LogP contribution in [0.3, 0.4) is 0 Å². The van der Waals surface area contributed by atoms with Crippen molar-refractivity contribution in [2.24, 2.45) is 11.8 Å². The lowest BCUT2D eigenvalue weighted by Crippen LogP contribution is -2.49. The van der Waals surface area contributed by atoms with E-state index in [1.54, 1.807) is 0 Å². The molecule has 0 radical (unpaired) electrons. The number of hydrogen-bond acceptors (Lipinski definition) is 4. The second kappa shape index (κ2) is 12.2. The molecule has 36 heavy (non-hydrogen) atoms. The molecule has 2 aliphatic heterocycles. The van der Waals surface area contributed by atoms with Crippen LogP contribution in [-0.4, -0.2) is 67.6 Å². The molecule has 5 heteroatoms. The summed E-state index contributed by atoms with van der Waals surface area (Å²) in [6.45, 7) is 8.73. The number of ether oxygens (including phenoxy) is 1. The predicted octanol–water partition coefficient (Wildman–Crippen LogP) is 4.34. The Balaban J connectivity index is 1.19. The summed E-state index contributed by atoms with van der Waals surface area (Å²) in [5.74, 6) is 1.60. The Morgan fingerprint density at radius 1 is 1.06 bits per heavy atom. The summed E-state index contributed by atoms with van der Waals surface area (Å²) in [5, 5.41) is 3.33. The van der Waals surface area contributed by atoms with Gasteiger partial charge in [0.25, 0.3) is 0 Å². The molecule has 5 nitrogen and oxygen atoms in total. The van der Waals surface area contributed by atoms with Gasteiger partial charge in [-0.2, -0.15) is 0 Å². The number of nitrogens with one attached hydrogen (secondary N) is 1. The molecule has 1 aliphatic carbocycles. The van der Waals surface area contributed by atoms with Crippen molar-refractivity contribution in [3.05, 3.63) is 65.2 Å². The number of nitrogens with zero attached hydrogens (tertiary/aromatic N) is 2. The molecule has 1 amide bonds. The van der Waals surface area contributed by atoms with Gasteiger partial charge in [0.15, 0.2) is 0 Å². The van der Waals surface area contributed by atoms with Crippen LogP contribution in [0.2, 0.25) is 0 Å². The number of fused-ring (bicyclic) bond motifs is 1. The first-order valence-corrected chi connectivity index (χ1v) is 14.2. The van der Waals surface area contributed by atoms with Crippen molar-refractivity contribution in [1.82, 2.24) is 15.1 Å². The van der Waals surface area contributed by atoms with E-state index in [1.165, 1.54) is 48.8 Å². The van der Waals surface area contributed by atoms with E-state index in [9.17, 15) is 4.79 Å². The van der Waals surface area contributed by atoms with Gasteiger partial charge in [-0.15, -0.1) is 0 Å². The third kappa shape index (κ3) is 6.49. The number of likely N-dealkylation sites (tertiary alicyclic amines) is 2. The smallest absolute Gasteiger partial charge is 0.224 e. The largest absolute Gasteiger partial charge is 0.493 e. The highest BCUT2D eigenvalue weighted by Gasteiger charge is 2.33.